The fourth-order valence-corrected chi connectivity index (χ4v) is 4.63. The Morgan fingerprint density at radius 3 is 1.50 bits per heavy atom. The molecular weight excluding hydrogens is 322 g/mol. The van der Waals surface area contributed by atoms with Gasteiger partial charge in [-0.1, -0.05) is 60.7 Å². The average molecular weight is 342 g/mol. The summed E-state index contributed by atoms with van der Waals surface area (Å²) in [6.07, 6.45) is 0. The van der Waals surface area contributed by atoms with E-state index in [4.69, 9.17) is 9.47 Å². The van der Waals surface area contributed by atoms with Gasteiger partial charge in [0.25, 0.3) is 0 Å². The Balaban J connectivity index is 0.00000242. The van der Waals surface area contributed by atoms with Gasteiger partial charge in [-0.2, -0.15) is 0 Å². The molecule has 2 aromatic rings. The SMILES string of the molecule is CCO[C-](OCC)P(=O)(c1ccccc1)c1ccccc1.[K+]. The van der Waals surface area contributed by atoms with Gasteiger partial charge in [-0.05, 0) is 30.5 Å². The second kappa shape index (κ2) is 10.2. The van der Waals surface area contributed by atoms with Gasteiger partial charge in [0.15, 0.2) is 0 Å². The van der Waals surface area contributed by atoms with Gasteiger partial charge in [-0.25, -0.2) is 0 Å². The summed E-state index contributed by atoms with van der Waals surface area (Å²) in [5.74, 6) is 0. The maximum atomic E-state index is 13.8. The molecule has 0 bridgehead atoms. The summed E-state index contributed by atoms with van der Waals surface area (Å²) in [5, 5.41) is 1.43. The number of ether oxygens (including phenoxy) is 2. The molecule has 0 spiro atoms. The van der Waals surface area contributed by atoms with Crippen molar-refractivity contribution in [2.75, 3.05) is 13.2 Å². The minimum atomic E-state index is -3.10. The number of rotatable bonds is 7. The molecule has 3 nitrogen and oxygen atoms in total. The first-order valence-electron chi connectivity index (χ1n) is 7.07. The Morgan fingerprint density at radius 1 is 0.818 bits per heavy atom. The fourth-order valence-electron chi connectivity index (χ4n) is 2.11. The summed E-state index contributed by atoms with van der Waals surface area (Å²) in [6.45, 7) is 4.55. The maximum absolute atomic E-state index is 13.8. The van der Waals surface area contributed by atoms with Crippen LogP contribution in [-0.4, -0.2) is 13.2 Å². The molecule has 0 radical (unpaired) electrons. The van der Waals surface area contributed by atoms with Gasteiger partial charge in [-0.3, -0.25) is 0 Å². The zero-order chi connectivity index (χ0) is 15.1. The van der Waals surface area contributed by atoms with E-state index in [1.54, 1.807) is 0 Å². The zero-order valence-corrected chi connectivity index (χ0v) is 17.4. The van der Waals surface area contributed by atoms with Gasteiger partial charge >= 0.3 is 51.4 Å². The molecule has 2 aromatic carbocycles. The number of benzene rings is 2. The second-order valence-electron chi connectivity index (χ2n) is 4.41. The summed E-state index contributed by atoms with van der Waals surface area (Å²) < 4.78 is 25.0. The van der Waals surface area contributed by atoms with Gasteiger partial charge in [-0.15, -0.1) is 0 Å². The molecule has 0 aliphatic heterocycles. The molecule has 0 heterocycles. The third-order valence-corrected chi connectivity index (χ3v) is 5.86. The summed E-state index contributed by atoms with van der Waals surface area (Å²) >= 11 is 0. The van der Waals surface area contributed by atoms with E-state index in [1.165, 1.54) is 0 Å². The van der Waals surface area contributed by atoms with Gasteiger partial charge in [0.1, 0.15) is 0 Å². The van der Waals surface area contributed by atoms with E-state index in [0.29, 0.717) is 23.8 Å². The molecule has 0 aliphatic carbocycles. The second-order valence-corrected chi connectivity index (χ2v) is 7.03. The van der Waals surface area contributed by atoms with E-state index in [1.807, 2.05) is 74.5 Å². The average Bonchev–Trinajstić information content (AvgIpc) is 2.55. The first kappa shape index (κ1) is 20.3. The van der Waals surface area contributed by atoms with Crippen molar-refractivity contribution in [2.45, 2.75) is 13.8 Å². The van der Waals surface area contributed by atoms with Crippen molar-refractivity contribution in [3.8, 4) is 0 Å². The number of hydrogen-bond donors (Lipinski definition) is 0. The minimum Gasteiger partial charge on any atom is -0.513 e. The van der Waals surface area contributed by atoms with Crippen molar-refractivity contribution in [2.24, 2.45) is 0 Å². The summed E-state index contributed by atoms with van der Waals surface area (Å²) in [5.41, 5.74) is 0. The van der Waals surface area contributed by atoms with Gasteiger partial charge in [0, 0.05) is 13.2 Å². The maximum Gasteiger partial charge on any atom is 1.00 e. The molecule has 2 rings (SSSR count). The van der Waals surface area contributed by atoms with Gasteiger partial charge < -0.3 is 14.0 Å². The Labute approximate surface area is 175 Å². The van der Waals surface area contributed by atoms with Crippen LogP contribution in [-0.2, 0) is 14.0 Å². The van der Waals surface area contributed by atoms with Crippen LogP contribution in [0.4, 0.5) is 0 Å². The predicted molar refractivity (Wildman–Crippen MR) is 86.3 cm³/mol. The van der Waals surface area contributed by atoms with Crippen molar-refractivity contribution in [3.05, 3.63) is 66.7 Å². The topological polar surface area (TPSA) is 35.5 Å². The van der Waals surface area contributed by atoms with Crippen LogP contribution in [0.15, 0.2) is 60.7 Å². The monoisotopic (exact) mass is 342 g/mol. The zero-order valence-electron chi connectivity index (χ0n) is 13.4. The molecule has 0 fully saturated rings. The van der Waals surface area contributed by atoms with Gasteiger partial charge in [0.05, 0.1) is 7.14 Å². The Bertz CT molecular complexity index is 540. The molecule has 0 amide bonds. The molecule has 0 saturated heterocycles. The van der Waals surface area contributed by atoms with Crippen LogP contribution >= 0.6 is 7.14 Å². The van der Waals surface area contributed by atoms with Crippen molar-refractivity contribution < 1.29 is 65.4 Å². The standard InChI is InChI=1S/C17H20O3P.K/c1-3-19-17(20-4-2)21(18,15-11-7-5-8-12-15)16-13-9-6-10-14-16;/h5-14H,3-4H2,1-2H3;/q-1;+1. The normalized spacial score (nSPS) is 11.2. The van der Waals surface area contributed by atoms with E-state index in [9.17, 15) is 4.57 Å². The molecule has 0 saturated carbocycles. The smallest absolute Gasteiger partial charge is 0.513 e. The predicted octanol–water partition coefficient (Wildman–Crippen LogP) is 0.524. The molecule has 5 heteroatoms. The van der Waals surface area contributed by atoms with E-state index < -0.39 is 7.14 Å². The molecule has 0 aromatic heterocycles. The van der Waals surface area contributed by atoms with Crippen LogP contribution in [0.2, 0.25) is 0 Å². The molecule has 22 heavy (non-hydrogen) atoms. The largest absolute Gasteiger partial charge is 1.00 e. The fraction of sp³-hybridized carbons (Fsp3) is 0.235. The van der Waals surface area contributed by atoms with Gasteiger partial charge in [0.2, 0.25) is 0 Å². The molecule has 0 aliphatic rings. The van der Waals surface area contributed by atoms with Crippen molar-refractivity contribution in [3.63, 3.8) is 0 Å². The quantitative estimate of drug-likeness (QED) is 0.418. The summed E-state index contributed by atoms with van der Waals surface area (Å²) in [7, 11) is -3.10. The summed E-state index contributed by atoms with van der Waals surface area (Å²) in [6, 6.07) is 18.9. The summed E-state index contributed by atoms with van der Waals surface area (Å²) in [4.78, 5) is 0. The van der Waals surface area contributed by atoms with Crippen LogP contribution in [0.5, 0.6) is 0 Å². The first-order chi connectivity index (χ1) is 10.2. The number of hydrogen-bond acceptors (Lipinski definition) is 3. The molecule has 112 valence electrons. The van der Waals surface area contributed by atoms with E-state index >= 15 is 0 Å². The third-order valence-electron chi connectivity index (χ3n) is 3.03. The Hall–Kier alpha value is 0.226. The first-order valence-corrected chi connectivity index (χ1v) is 8.78. The van der Waals surface area contributed by atoms with Crippen LogP contribution in [0.3, 0.4) is 0 Å². The van der Waals surface area contributed by atoms with Crippen molar-refractivity contribution in [1.82, 2.24) is 0 Å². The molecular formula is C17H20KO3P. The Morgan fingerprint density at radius 2 is 1.18 bits per heavy atom. The van der Waals surface area contributed by atoms with Crippen LogP contribution in [0, 0.1) is 6.03 Å². The van der Waals surface area contributed by atoms with Crippen molar-refractivity contribution >= 4 is 17.8 Å². The van der Waals surface area contributed by atoms with E-state index in [0.717, 1.165) is 0 Å². The Kier molecular flexibility index (Phi) is 9.37. The molecule has 0 atom stereocenters. The molecule has 0 N–H and O–H groups in total. The van der Waals surface area contributed by atoms with Crippen LogP contribution in [0.1, 0.15) is 13.8 Å². The van der Waals surface area contributed by atoms with Crippen LogP contribution in [0.25, 0.3) is 0 Å². The minimum absolute atomic E-state index is 0. The van der Waals surface area contributed by atoms with Crippen molar-refractivity contribution in [1.29, 1.82) is 0 Å². The molecule has 0 unspecified atom stereocenters. The van der Waals surface area contributed by atoms with E-state index in [2.05, 4.69) is 0 Å². The van der Waals surface area contributed by atoms with Crippen LogP contribution < -0.4 is 62.0 Å². The third kappa shape index (κ3) is 4.62. The van der Waals surface area contributed by atoms with E-state index in [-0.39, 0.29) is 57.4 Å².